The van der Waals surface area contributed by atoms with Crippen LogP contribution in [0.5, 0.6) is 0 Å². The number of hydrogen-bond acceptors (Lipinski definition) is 2. The summed E-state index contributed by atoms with van der Waals surface area (Å²) < 4.78 is 36.3. The van der Waals surface area contributed by atoms with Crippen LogP contribution in [0.1, 0.15) is 16.1 Å². The van der Waals surface area contributed by atoms with Crippen LogP contribution in [0.2, 0.25) is 0 Å². The molecule has 0 atom stereocenters. The van der Waals surface area contributed by atoms with E-state index in [2.05, 4.69) is 4.98 Å². The highest BCUT2D eigenvalue weighted by molar-refractivity contribution is 14.1. The number of halogens is 4. The van der Waals surface area contributed by atoms with Crippen LogP contribution < -0.4 is 0 Å². The summed E-state index contributed by atoms with van der Waals surface area (Å²) in [7, 11) is 0. The summed E-state index contributed by atoms with van der Waals surface area (Å²) in [5, 5.41) is 8.48. The van der Waals surface area contributed by atoms with Crippen LogP contribution in [0.3, 0.4) is 0 Å². The largest absolute Gasteiger partial charge is 0.478 e. The van der Waals surface area contributed by atoms with Crippen molar-refractivity contribution in [2.24, 2.45) is 0 Å². The fourth-order valence-electron chi connectivity index (χ4n) is 0.763. The predicted molar refractivity (Wildman–Crippen MR) is 48.9 cm³/mol. The molecule has 76 valence electrons. The molecule has 0 radical (unpaired) electrons. The zero-order valence-electron chi connectivity index (χ0n) is 6.47. The Labute approximate surface area is 90.1 Å². The number of nitrogens with zero attached hydrogens (tertiary/aromatic N) is 1. The molecule has 1 aromatic heterocycles. The number of pyridine rings is 1. The highest BCUT2D eigenvalue weighted by Gasteiger charge is 2.35. The Bertz CT molecular complexity index is 378. The van der Waals surface area contributed by atoms with Crippen molar-refractivity contribution >= 4 is 28.6 Å². The van der Waals surface area contributed by atoms with E-state index in [1.54, 1.807) is 0 Å². The number of alkyl halides is 3. The second-order valence-electron chi connectivity index (χ2n) is 2.36. The van der Waals surface area contributed by atoms with Gasteiger partial charge in [0, 0.05) is 9.77 Å². The summed E-state index contributed by atoms with van der Waals surface area (Å²) in [4.78, 5) is 13.4. The van der Waals surface area contributed by atoms with Crippen molar-refractivity contribution in [2.75, 3.05) is 0 Å². The van der Waals surface area contributed by atoms with Crippen molar-refractivity contribution in [1.82, 2.24) is 4.98 Å². The summed E-state index contributed by atoms with van der Waals surface area (Å²) in [5.74, 6) is -1.30. The molecule has 1 aromatic rings. The van der Waals surface area contributed by atoms with Gasteiger partial charge in [-0.3, -0.25) is 0 Å². The standard InChI is InChI=1S/C7H3F3INO2/c8-7(9,10)5-4(11)1-3(2-12-5)6(13)14/h1-2H,(H,13,14). The second-order valence-corrected chi connectivity index (χ2v) is 3.52. The smallest absolute Gasteiger partial charge is 0.434 e. The maximum atomic E-state index is 12.2. The molecule has 0 fully saturated rings. The monoisotopic (exact) mass is 317 g/mol. The lowest BCUT2D eigenvalue weighted by atomic mass is 10.2. The van der Waals surface area contributed by atoms with E-state index in [-0.39, 0.29) is 9.13 Å². The topological polar surface area (TPSA) is 50.2 Å². The molecule has 1 N–H and O–H groups in total. The van der Waals surface area contributed by atoms with Gasteiger partial charge in [0.1, 0.15) is 0 Å². The van der Waals surface area contributed by atoms with Gasteiger partial charge in [0.15, 0.2) is 5.69 Å². The van der Waals surface area contributed by atoms with Crippen molar-refractivity contribution in [3.8, 4) is 0 Å². The van der Waals surface area contributed by atoms with E-state index in [0.29, 0.717) is 6.20 Å². The van der Waals surface area contributed by atoms with Crippen molar-refractivity contribution in [1.29, 1.82) is 0 Å². The number of rotatable bonds is 1. The Morgan fingerprint density at radius 1 is 1.50 bits per heavy atom. The van der Waals surface area contributed by atoms with E-state index in [0.717, 1.165) is 6.07 Å². The molecule has 1 rings (SSSR count). The Balaban J connectivity index is 3.21. The number of carbonyl (C=O) groups is 1. The minimum atomic E-state index is -4.55. The molecule has 0 saturated heterocycles. The maximum absolute atomic E-state index is 12.2. The van der Waals surface area contributed by atoms with Gasteiger partial charge in [0.05, 0.1) is 5.56 Å². The third-order valence-electron chi connectivity index (χ3n) is 1.36. The van der Waals surface area contributed by atoms with Gasteiger partial charge < -0.3 is 5.11 Å². The first kappa shape index (κ1) is 11.2. The van der Waals surface area contributed by atoms with Crippen LogP contribution in [0.25, 0.3) is 0 Å². The molecular formula is C7H3F3INO2. The first-order valence-electron chi connectivity index (χ1n) is 3.28. The van der Waals surface area contributed by atoms with Gasteiger partial charge in [-0.15, -0.1) is 0 Å². The fraction of sp³-hybridized carbons (Fsp3) is 0.143. The van der Waals surface area contributed by atoms with E-state index in [9.17, 15) is 18.0 Å². The molecule has 0 amide bonds. The molecular weight excluding hydrogens is 314 g/mol. The lowest BCUT2D eigenvalue weighted by Crippen LogP contribution is -2.12. The third kappa shape index (κ3) is 2.34. The van der Waals surface area contributed by atoms with Crippen LogP contribution in [0.4, 0.5) is 13.2 Å². The van der Waals surface area contributed by atoms with Crippen molar-refractivity contribution in [3.05, 3.63) is 27.1 Å². The molecule has 0 unspecified atom stereocenters. The molecule has 1 heterocycles. The number of carboxylic acid groups (broad SMARTS) is 1. The molecule has 0 aliphatic heterocycles. The number of hydrogen-bond donors (Lipinski definition) is 1. The molecule has 0 aliphatic rings. The second kappa shape index (κ2) is 3.71. The van der Waals surface area contributed by atoms with Crippen LogP contribution in [0, 0.1) is 3.57 Å². The summed E-state index contributed by atoms with van der Waals surface area (Å²) in [6.07, 6.45) is -3.86. The lowest BCUT2D eigenvalue weighted by Gasteiger charge is -2.07. The molecule has 7 heteroatoms. The molecule has 0 aliphatic carbocycles. The van der Waals surface area contributed by atoms with E-state index < -0.39 is 17.8 Å². The summed E-state index contributed by atoms with van der Waals surface area (Å²) >= 11 is 1.40. The molecule has 0 aromatic carbocycles. The average molecular weight is 317 g/mol. The van der Waals surface area contributed by atoms with Crippen LogP contribution in [-0.2, 0) is 6.18 Å². The zero-order valence-corrected chi connectivity index (χ0v) is 8.63. The third-order valence-corrected chi connectivity index (χ3v) is 2.18. The van der Waals surface area contributed by atoms with Gasteiger partial charge in [-0.25, -0.2) is 9.78 Å². The van der Waals surface area contributed by atoms with Crippen LogP contribution in [0.15, 0.2) is 12.3 Å². The van der Waals surface area contributed by atoms with Crippen molar-refractivity contribution < 1.29 is 23.1 Å². The minimum absolute atomic E-state index is 0.227. The van der Waals surface area contributed by atoms with Gasteiger partial charge in [-0.05, 0) is 28.7 Å². The SMILES string of the molecule is O=C(O)c1cnc(C(F)(F)F)c(I)c1. The van der Waals surface area contributed by atoms with Crippen LogP contribution >= 0.6 is 22.6 Å². The van der Waals surface area contributed by atoms with Gasteiger partial charge >= 0.3 is 12.1 Å². The minimum Gasteiger partial charge on any atom is -0.478 e. The van der Waals surface area contributed by atoms with E-state index >= 15 is 0 Å². The Kier molecular flexibility index (Phi) is 2.98. The quantitative estimate of drug-likeness (QED) is 0.809. The van der Waals surface area contributed by atoms with Gasteiger partial charge in [-0.2, -0.15) is 13.2 Å². The van der Waals surface area contributed by atoms with E-state index in [1.807, 2.05) is 0 Å². The molecule has 0 bridgehead atoms. The zero-order chi connectivity index (χ0) is 10.9. The average Bonchev–Trinajstić information content (AvgIpc) is 2.01. The summed E-state index contributed by atoms with van der Waals surface area (Å²) in [5.41, 5.74) is -1.33. The lowest BCUT2D eigenvalue weighted by molar-refractivity contribution is -0.141. The van der Waals surface area contributed by atoms with E-state index in [4.69, 9.17) is 5.11 Å². The Morgan fingerprint density at radius 2 is 2.07 bits per heavy atom. The normalized spacial score (nSPS) is 11.4. The number of carboxylic acids is 1. The number of aromatic carboxylic acids is 1. The van der Waals surface area contributed by atoms with E-state index in [1.165, 1.54) is 22.6 Å². The number of aromatic nitrogens is 1. The predicted octanol–water partition coefficient (Wildman–Crippen LogP) is 2.40. The van der Waals surface area contributed by atoms with Gasteiger partial charge in [0.25, 0.3) is 0 Å². The van der Waals surface area contributed by atoms with Crippen molar-refractivity contribution in [2.45, 2.75) is 6.18 Å². The fourth-order valence-corrected chi connectivity index (χ4v) is 1.54. The maximum Gasteiger partial charge on any atom is 0.434 e. The Morgan fingerprint density at radius 3 is 2.43 bits per heavy atom. The van der Waals surface area contributed by atoms with Crippen molar-refractivity contribution in [3.63, 3.8) is 0 Å². The highest BCUT2D eigenvalue weighted by Crippen LogP contribution is 2.31. The van der Waals surface area contributed by atoms with Gasteiger partial charge in [-0.1, -0.05) is 0 Å². The molecule has 0 saturated carbocycles. The highest BCUT2D eigenvalue weighted by atomic mass is 127. The van der Waals surface area contributed by atoms with Gasteiger partial charge in [0.2, 0.25) is 0 Å². The molecule has 0 spiro atoms. The first-order valence-corrected chi connectivity index (χ1v) is 4.36. The first-order chi connectivity index (χ1) is 6.32. The summed E-state index contributed by atoms with van der Waals surface area (Å²) in [6.45, 7) is 0. The summed E-state index contributed by atoms with van der Waals surface area (Å²) in [6, 6.07) is 0.929. The molecule has 14 heavy (non-hydrogen) atoms. The molecule has 3 nitrogen and oxygen atoms in total. The Hall–Kier alpha value is -0.860. The van der Waals surface area contributed by atoms with Crippen LogP contribution in [-0.4, -0.2) is 16.1 Å².